The Kier molecular flexibility index (Phi) is 13.8. The number of carbonyl (C=O) groups excluding carboxylic acids is 3. The molecule has 0 spiro atoms. The van der Waals surface area contributed by atoms with Crippen molar-refractivity contribution >= 4 is 29.7 Å². The summed E-state index contributed by atoms with van der Waals surface area (Å²) in [5, 5.41) is 17.5. The van der Waals surface area contributed by atoms with Gasteiger partial charge in [0.1, 0.15) is 18.1 Å². The van der Waals surface area contributed by atoms with Crippen LogP contribution in [-0.4, -0.2) is 65.5 Å². The largest absolute Gasteiger partial charge is 0.480 e. The Hall–Kier alpha value is -3.67. The van der Waals surface area contributed by atoms with Gasteiger partial charge in [0.2, 0.25) is 17.7 Å². The number of benzene rings is 1. The van der Waals surface area contributed by atoms with Gasteiger partial charge < -0.3 is 38.3 Å². The lowest BCUT2D eigenvalue weighted by molar-refractivity contribution is -0.144. The third-order valence-corrected chi connectivity index (χ3v) is 6.29. The van der Waals surface area contributed by atoms with Gasteiger partial charge in [-0.1, -0.05) is 64.4 Å². The highest BCUT2D eigenvalue weighted by molar-refractivity contribution is 5.94. The highest BCUT2D eigenvalue weighted by Crippen LogP contribution is 2.11. The molecule has 212 valence electrons. The smallest absolute Gasteiger partial charge is 0.326 e. The van der Waals surface area contributed by atoms with Crippen molar-refractivity contribution in [3.05, 3.63) is 35.9 Å². The zero-order chi connectivity index (χ0) is 28.8. The van der Waals surface area contributed by atoms with Gasteiger partial charge in [0.25, 0.3) is 0 Å². The van der Waals surface area contributed by atoms with Crippen LogP contribution in [-0.2, 0) is 25.6 Å². The number of carboxylic acid groups (broad SMARTS) is 1. The Balaban J connectivity index is 3.17. The average molecular weight is 534 g/mol. The van der Waals surface area contributed by atoms with Crippen LogP contribution in [0.5, 0.6) is 0 Å². The monoisotopic (exact) mass is 533 g/mol. The molecule has 12 nitrogen and oxygen atoms in total. The second-order valence-corrected chi connectivity index (χ2v) is 9.74. The lowest BCUT2D eigenvalue weighted by Crippen LogP contribution is -2.58. The quantitative estimate of drug-likeness (QED) is 0.0859. The maximum absolute atomic E-state index is 13.4. The summed E-state index contributed by atoms with van der Waals surface area (Å²) in [7, 11) is 0. The molecule has 3 amide bonds. The van der Waals surface area contributed by atoms with Gasteiger partial charge in [-0.25, -0.2) is 4.79 Å². The molecule has 0 bridgehead atoms. The van der Waals surface area contributed by atoms with Crippen molar-refractivity contribution in [2.24, 2.45) is 34.0 Å². The second-order valence-electron chi connectivity index (χ2n) is 9.74. The summed E-state index contributed by atoms with van der Waals surface area (Å²) in [6, 6.07) is 5.03. The van der Waals surface area contributed by atoms with Gasteiger partial charge in [-0.3, -0.25) is 19.4 Å². The molecule has 1 rings (SSSR count). The highest BCUT2D eigenvalue weighted by Gasteiger charge is 2.32. The van der Waals surface area contributed by atoms with Crippen molar-refractivity contribution in [1.29, 1.82) is 0 Å². The minimum atomic E-state index is -1.17. The van der Waals surface area contributed by atoms with Gasteiger partial charge in [0, 0.05) is 13.0 Å². The zero-order valence-corrected chi connectivity index (χ0v) is 22.6. The number of amides is 3. The first-order valence-electron chi connectivity index (χ1n) is 12.9. The third kappa shape index (κ3) is 11.2. The molecule has 1 aromatic carbocycles. The van der Waals surface area contributed by atoms with E-state index < -0.39 is 47.9 Å². The van der Waals surface area contributed by atoms with Crippen LogP contribution in [0.1, 0.15) is 52.5 Å². The van der Waals surface area contributed by atoms with Crippen molar-refractivity contribution in [2.75, 3.05) is 6.54 Å². The molecule has 38 heavy (non-hydrogen) atoms. The summed E-state index contributed by atoms with van der Waals surface area (Å²) in [5.41, 5.74) is 17.5. The van der Waals surface area contributed by atoms with Crippen LogP contribution >= 0.6 is 0 Å². The molecule has 5 unspecified atom stereocenters. The van der Waals surface area contributed by atoms with Crippen LogP contribution in [0.4, 0.5) is 0 Å². The van der Waals surface area contributed by atoms with E-state index in [4.69, 9.17) is 17.2 Å². The van der Waals surface area contributed by atoms with Crippen LogP contribution in [0.3, 0.4) is 0 Å². The van der Waals surface area contributed by atoms with Crippen molar-refractivity contribution in [3.8, 4) is 0 Å². The number of guanidine groups is 1. The van der Waals surface area contributed by atoms with E-state index in [1.54, 1.807) is 20.8 Å². The molecule has 0 fully saturated rings. The Bertz CT molecular complexity index is 951. The van der Waals surface area contributed by atoms with E-state index in [0.29, 0.717) is 12.8 Å². The molecule has 0 aliphatic carbocycles. The molecule has 0 radical (unpaired) electrons. The molecule has 1 aromatic rings. The molecule has 0 aromatic heterocycles. The molecule has 10 N–H and O–H groups in total. The highest BCUT2D eigenvalue weighted by atomic mass is 16.4. The number of aliphatic carboxylic acids is 1. The van der Waals surface area contributed by atoms with Gasteiger partial charge in [-0.05, 0) is 30.2 Å². The van der Waals surface area contributed by atoms with Crippen LogP contribution in [0, 0.1) is 11.8 Å². The van der Waals surface area contributed by atoms with Gasteiger partial charge >= 0.3 is 5.97 Å². The summed E-state index contributed by atoms with van der Waals surface area (Å²) in [5.74, 6) is -3.52. The number of nitrogens with zero attached hydrogens (tertiary/aromatic N) is 1. The van der Waals surface area contributed by atoms with Crippen molar-refractivity contribution in [3.63, 3.8) is 0 Å². The number of hydrogen-bond donors (Lipinski definition) is 7. The molecule has 0 heterocycles. The summed E-state index contributed by atoms with van der Waals surface area (Å²) in [6.45, 7) is 7.34. The van der Waals surface area contributed by atoms with E-state index in [2.05, 4.69) is 20.9 Å². The summed E-state index contributed by atoms with van der Waals surface area (Å²) >= 11 is 0. The van der Waals surface area contributed by atoms with Crippen LogP contribution in [0.2, 0.25) is 0 Å². The molecule has 0 aliphatic rings. The molecule has 0 aliphatic heterocycles. The number of nitrogens with one attached hydrogen (secondary N) is 3. The first-order valence-corrected chi connectivity index (χ1v) is 12.9. The van der Waals surface area contributed by atoms with Crippen LogP contribution < -0.4 is 33.2 Å². The van der Waals surface area contributed by atoms with Crippen molar-refractivity contribution < 1.29 is 24.3 Å². The molecule has 0 saturated heterocycles. The number of carbonyl (C=O) groups is 4. The molecule has 5 atom stereocenters. The first kappa shape index (κ1) is 32.4. The van der Waals surface area contributed by atoms with Crippen LogP contribution in [0.25, 0.3) is 0 Å². The third-order valence-electron chi connectivity index (χ3n) is 6.29. The summed E-state index contributed by atoms with van der Waals surface area (Å²) in [4.78, 5) is 54.9. The van der Waals surface area contributed by atoms with Crippen molar-refractivity contribution in [2.45, 2.75) is 77.5 Å². The summed E-state index contributed by atoms with van der Waals surface area (Å²) in [6.07, 6.45) is 1.17. The van der Waals surface area contributed by atoms with E-state index in [9.17, 15) is 24.3 Å². The molecule has 0 saturated carbocycles. The lowest BCUT2D eigenvalue weighted by Gasteiger charge is -2.27. The summed E-state index contributed by atoms with van der Waals surface area (Å²) < 4.78 is 0. The van der Waals surface area contributed by atoms with Gasteiger partial charge in [-0.15, -0.1) is 0 Å². The fourth-order valence-corrected chi connectivity index (χ4v) is 3.61. The fraction of sp³-hybridized carbons (Fsp3) is 0.577. The Morgan fingerprint density at radius 3 is 2.03 bits per heavy atom. The van der Waals surface area contributed by atoms with Gasteiger partial charge in [0.15, 0.2) is 5.96 Å². The molecular weight excluding hydrogens is 490 g/mol. The molecular formula is C26H43N7O5. The van der Waals surface area contributed by atoms with E-state index in [1.165, 1.54) is 0 Å². The Morgan fingerprint density at radius 2 is 1.50 bits per heavy atom. The predicted octanol–water partition coefficient (Wildman–Crippen LogP) is -0.149. The van der Waals surface area contributed by atoms with E-state index >= 15 is 0 Å². The minimum Gasteiger partial charge on any atom is -0.480 e. The first-order chi connectivity index (χ1) is 17.9. The predicted molar refractivity (Wildman–Crippen MR) is 146 cm³/mol. The average Bonchev–Trinajstić information content (AvgIpc) is 2.87. The second kappa shape index (κ2) is 16.2. The van der Waals surface area contributed by atoms with Crippen LogP contribution in [0.15, 0.2) is 35.3 Å². The van der Waals surface area contributed by atoms with Gasteiger partial charge in [0.05, 0.1) is 6.04 Å². The maximum atomic E-state index is 13.4. The Labute approximate surface area is 224 Å². The van der Waals surface area contributed by atoms with E-state index in [1.807, 2.05) is 37.3 Å². The number of nitrogens with two attached hydrogens (primary N) is 3. The Morgan fingerprint density at radius 1 is 0.921 bits per heavy atom. The lowest BCUT2D eigenvalue weighted by atomic mass is 9.98. The SMILES string of the molecule is CCC(C)C(NC(=O)C(CCCN=C(N)N)NC(=O)C(Cc1ccccc1)NC(=O)C(N)C(C)C)C(=O)O. The van der Waals surface area contributed by atoms with E-state index in [0.717, 1.165) is 5.56 Å². The number of rotatable bonds is 16. The van der Waals surface area contributed by atoms with Crippen molar-refractivity contribution in [1.82, 2.24) is 16.0 Å². The van der Waals surface area contributed by atoms with Gasteiger partial charge in [-0.2, -0.15) is 0 Å². The topological polar surface area (TPSA) is 215 Å². The van der Waals surface area contributed by atoms with E-state index in [-0.39, 0.29) is 37.2 Å². The number of carboxylic acids is 1. The maximum Gasteiger partial charge on any atom is 0.326 e. The minimum absolute atomic E-state index is 0.107. The fourth-order valence-electron chi connectivity index (χ4n) is 3.61. The molecule has 12 heteroatoms. The number of aliphatic imine (C=N–C) groups is 1. The zero-order valence-electron chi connectivity index (χ0n) is 22.6. The standard InChI is InChI=1S/C26H43N7O5/c1-5-16(4)21(25(37)38)33-22(34)18(12-9-13-30-26(28)29)31-23(35)19(14-17-10-7-6-8-11-17)32-24(36)20(27)15(2)3/h6-8,10-11,15-16,18-21H,5,9,12-14,27H2,1-4H3,(H,31,35)(H,32,36)(H,33,34)(H,37,38)(H4,28,29,30). The number of hydrogen-bond acceptors (Lipinski definition) is 6. The normalized spacial score (nSPS) is 14.9.